The normalized spacial score (nSPS) is 14.7. The lowest BCUT2D eigenvalue weighted by Crippen LogP contribution is -2.51. The van der Waals surface area contributed by atoms with E-state index < -0.39 is 22.8 Å². The highest BCUT2D eigenvalue weighted by molar-refractivity contribution is 5.80. The maximum Gasteiger partial charge on any atom is 0.407 e. The Bertz CT molecular complexity index is 744. The van der Waals surface area contributed by atoms with E-state index in [1.807, 2.05) is 34.6 Å². The van der Waals surface area contributed by atoms with E-state index in [1.54, 1.807) is 7.05 Å². The summed E-state index contributed by atoms with van der Waals surface area (Å²) >= 11 is 0. The molecule has 0 aliphatic carbocycles. The molecule has 0 aliphatic heterocycles. The smallest absolute Gasteiger partial charge is 0.407 e. The number of likely N-dealkylation sites (N-methyl/N-ethyl adjacent to an activating group) is 1. The molecule has 8 heteroatoms. The maximum absolute atomic E-state index is 12.6. The summed E-state index contributed by atoms with van der Waals surface area (Å²) in [5.41, 5.74) is -1.99. The molecule has 0 aliphatic rings. The molecule has 0 fully saturated rings. The summed E-state index contributed by atoms with van der Waals surface area (Å²) in [5.74, 6) is 0.0538. The van der Waals surface area contributed by atoms with Crippen molar-refractivity contribution in [2.45, 2.75) is 150 Å². The molecule has 8 nitrogen and oxygen atoms in total. The lowest BCUT2D eigenvalue weighted by molar-refractivity contribution is -0.158. The number of hydrogen-bond donors (Lipinski definition) is 2. The molecule has 0 spiro atoms. The van der Waals surface area contributed by atoms with Gasteiger partial charge in [-0.05, 0) is 85.1 Å². The molecule has 2 unspecified atom stereocenters. The van der Waals surface area contributed by atoms with Gasteiger partial charge in [-0.2, -0.15) is 0 Å². The van der Waals surface area contributed by atoms with Crippen LogP contribution in [0, 0.1) is 11.3 Å². The standard InChI is InChI=1S/C31H60N2O6/c1-12-14-17-24(13-2)22-30(8,9)38-25(34)18-15-16-19-29(6,7)39-27(36)33-20-21-37-26(35)31(10,32-11)23-28(3,4)5/h24,32H,12-23H2,1-11H3,(H,33,36). The number of carbonyl (C=O) groups is 3. The van der Waals surface area contributed by atoms with Crippen molar-refractivity contribution in [3.63, 3.8) is 0 Å². The molecule has 0 heterocycles. The second-order valence-corrected chi connectivity index (χ2v) is 13.6. The first-order chi connectivity index (χ1) is 17.9. The van der Waals surface area contributed by atoms with Crippen molar-refractivity contribution in [3.05, 3.63) is 0 Å². The van der Waals surface area contributed by atoms with Crippen molar-refractivity contribution in [3.8, 4) is 0 Å². The maximum atomic E-state index is 12.6. The van der Waals surface area contributed by atoms with E-state index in [0.717, 1.165) is 19.3 Å². The number of alkyl carbamates (subject to hydrolysis) is 1. The van der Waals surface area contributed by atoms with Gasteiger partial charge in [0.2, 0.25) is 0 Å². The molecule has 0 saturated carbocycles. The van der Waals surface area contributed by atoms with Gasteiger partial charge in [0.25, 0.3) is 0 Å². The molecule has 39 heavy (non-hydrogen) atoms. The summed E-state index contributed by atoms with van der Waals surface area (Å²) in [6.07, 6.45) is 7.99. The first-order valence-electron chi connectivity index (χ1n) is 14.9. The Balaban J connectivity index is 4.34. The van der Waals surface area contributed by atoms with Crippen molar-refractivity contribution >= 4 is 18.0 Å². The first-order valence-corrected chi connectivity index (χ1v) is 14.9. The predicted molar refractivity (Wildman–Crippen MR) is 158 cm³/mol. The van der Waals surface area contributed by atoms with Crippen molar-refractivity contribution in [1.29, 1.82) is 0 Å². The van der Waals surface area contributed by atoms with E-state index in [9.17, 15) is 14.4 Å². The van der Waals surface area contributed by atoms with Crippen molar-refractivity contribution in [2.75, 3.05) is 20.2 Å². The van der Waals surface area contributed by atoms with Gasteiger partial charge in [-0.25, -0.2) is 4.79 Å². The van der Waals surface area contributed by atoms with Gasteiger partial charge < -0.3 is 24.8 Å². The Morgan fingerprint density at radius 3 is 2.03 bits per heavy atom. The molecular formula is C31H60N2O6. The van der Waals surface area contributed by atoms with Crippen LogP contribution in [0.3, 0.4) is 0 Å². The monoisotopic (exact) mass is 556 g/mol. The van der Waals surface area contributed by atoms with Crippen LogP contribution in [0.1, 0.15) is 133 Å². The van der Waals surface area contributed by atoms with Crippen LogP contribution in [-0.2, 0) is 23.8 Å². The molecule has 230 valence electrons. The number of hydrogen-bond acceptors (Lipinski definition) is 7. The molecule has 1 amide bonds. The minimum Gasteiger partial charge on any atom is -0.462 e. The molecule has 2 N–H and O–H groups in total. The van der Waals surface area contributed by atoms with Gasteiger partial charge in [0, 0.05) is 6.42 Å². The summed E-state index contributed by atoms with van der Waals surface area (Å²) in [6, 6.07) is 0. The van der Waals surface area contributed by atoms with Crippen LogP contribution in [0.2, 0.25) is 0 Å². The number of esters is 2. The van der Waals surface area contributed by atoms with Gasteiger partial charge in [0.05, 0.1) is 6.54 Å². The van der Waals surface area contributed by atoms with E-state index in [1.165, 1.54) is 19.3 Å². The number of carbonyl (C=O) groups excluding carboxylic acids is 3. The zero-order chi connectivity index (χ0) is 30.3. The minimum absolute atomic E-state index is 0.0481. The van der Waals surface area contributed by atoms with Crippen LogP contribution < -0.4 is 10.6 Å². The Labute approximate surface area is 239 Å². The number of amides is 1. The Morgan fingerprint density at radius 2 is 1.49 bits per heavy atom. The lowest BCUT2D eigenvalue weighted by atomic mass is 9.81. The van der Waals surface area contributed by atoms with E-state index in [2.05, 4.69) is 45.3 Å². The summed E-state index contributed by atoms with van der Waals surface area (Å²) in [5, 5.41) is 5.70. The predicted octanol–water partition coefficient (Wildman–Crippen LogP) is 6.94. The molecule has 0 saturated heterocycles. The highest BCUT2D eigenvalue weighted by Gasteiger charge is 2.37. The molecule has 0 aromatic heterocycles. The first kappa shape index (κ1) is 37.2. The number of nitrogens with one attached hydrogen (secondary N) is 2. The van der Waals surface area contributed by atoms with Crippen LogP contribution in [0.5, 0.6) is 0 Å². The molecule has 0 aromatic rings. The fourth-order valence-corrected chi connectivity index (χ4v) is 4.98. The van der Waals surface area contributed by atoms with Crippen LogP contribution in [0.4, 0.5) is 4.79 Å². The molecule has 0 bridgehead atoms. The highest BCUT2D eigenvalue weighted by Crippen LogP contribution is 2.29. The van der Waals surface area contributed by atoms with Gasteiger partial charge in [-0.1, -0.05) is 60.3 Å². The Kier molecular flexibility index (Phi) is 16.3. The second-order valence-electron chi connectivity index (χ2n) is 13.6. The molecular weight excluding hydrogens is 496 g/mol. The number of rotatable bonds is 19. The summed E-state index contributed by atoms with van der Waals surface area (Å²) < 4.78 is 16.7. The zero-order valence-electron chi connectivity index (χ0n) is 27.0. The summed E-state index contributed by atoms with van der Waals surface area (Å²) in [7, 11) is 1.74. The van der Waals surface area contributed by atoms with Crippen molar-refractivity contribution in [2.24, 2.45) is 11.3 Å². The largest absolute Gasteiger partial charge is 0.462 e. The average Bonchev–Trinajstić information content (AvgIpc) is 2.80. The van der Waals surface area contributed by atoms with E-state index in [4.69, 9.17) is 14.2 Å². The third kappa shape index (κ3) is 17.5. The molecule has 2 atom stereocenters. The topological polar surface area (TPSA) is 103 Å². The van der Waals surface area contributed by atoms with Crippen LogP contribution in [0.25, 0.3) is 0 Å². The fraction of sp³-hybridized carbons (Fsp3) is 0.903. The van der Waals surface area contributed by atoms with Crippen LogP contribution in [-0.4, -0.2) is 55.0 Å². The van der Waals surface area contributed by atoms with E-state index in [-0.39, 0.29) is 30.5 Å². The van der Waals surface area contributed by atoms with E-state index >= 15 is 0 Å². The van der Waals surface area contributed by atoms with Gasteiger partial charge >= 0.3 is 18.0 Å². The Morgan fingerprint density at radius 1 is 0.846 bits per heavy atom. The fourth-order valence-electron chi connectivity index (χ4n) is 4.98. The molecule has 0 rings (SSSR count). The van der Waals surface area contributed by atoms with Crippen molar-refractivity contribution < 1.29 is 28.6 Å². The third-order valence-electron chi connectivity index (χ3n) is 6.98. The number of ether oxygens (including phenoxy) is 3. The third-order valence-corrected chi connectivity index (χ3v) is 6.98. The SMILES string of the molecule is CCCCC(CC)CC(C)(C)OC(=O)CCCCC(C)(C)OC(=O)NCCOC(=O)C(C)(CC(C)(C)C)NC. The number of unbranched alkanes of at least 4 members (excludes halogenated alkanes) is 2. The minimum atomic E-state index is -0.796. The second kappa shape index (κ2) is 17.1. The molecule has 0 aromatic carbocycles. The lowest BCUT2D eigenvalue weighted by Gasteiger charge is -2.33. The zero-order valence-corrected chi connectivity index (χ0v) is 27.0. The highest BCUT2D eigenvalue weighted by atomic mass is 16.6. The van der Waals surface area contributed by atoms with Crippen molar-refractivity contribution in [1.82, 2.24) is 10.6 Å². The van der Waals surface area contributed by atoms with Gasteiger partial charge in [-0.3, -0.25) is 9.59 Å². The summed E-state index contributed by atoms with van der Waals surface area (Å²) in [6.45, 7) is 20.3. The Hall–Kier alpha value is -1.83. The van der Waals surface area contributed by atoms with E-state index in [0.29, 0.717) is 31.6 Å². The average molecular weight is 557 g/mol. The van der Waals surface area contributed by atoms with Crippen LogP contribution >= 0.6 is 0 Å². The summed E-state index contributed by atoms with van der Waals surface area (Å²) in [4.78, 5) is 37.2. The van der Waals surface area contributed by atoms with Crippen LogP contribution in [0.15, 0.2) is 0 Å². The van der Waals surface area contributed by atoms with Gasteiger partial charge in [0.15, 0.2) is 0 Å². The van der Waals surface area contributed by atoms with Gasteiger partial charge in [0.1, 0.15) is 23.3 Å². The molecule has 0 radical (unpaired) electrons. The van der Waals surface area contributed by atoms with Gasteiger partial charge in [-0.15, -0.1) is 0 Å². The quantitative estimate of drug-likeness (QED) is 0.101.